The third-order valence-electron chi connectivity index (χ3n) is 2.50. The van der Waals surface area contributed by atoms with Crippen LogP contribution >= 0.6 is 11.6 Å². The lowest BCUT2D eigenvalue weighted by Crippen LogP contribution is -2.45. The molecule has 2 heterocycles. The number of aryl methyl sites for hydroxylation is 1. The summed E-state index contributed by atoms with van der Waals surface area (Å²) in [6, 6.07) is 1.30. The summed E-state index contributed by atoms with van der Waals surface area (Å²) in [4.78, 5) is 3.82. The first-order valence-corrected chi connectivity index (χ1v) is 6.99. The van der Waals surface area contributed by atoms with E-state index < -0.39 is 10.1 Å². The summed E-state index contributed by atoms with van der Waals surface area (Å²) in [7, 11) is -3.85. The lowest BCUT2D eigenvalue weighted by atomic mass is 10.1. The van der Waals surface area contributed by atoms with Crippen molar-refractivity contribution in [1.82, 2.24) is 10.0 Å². The highest BCUT2D eigenvalue weighted by Gasteiger charge is 2.30. The first kappa shape index (κ1) is 12.8. The second-order valence-electron chi connectivity index (χ2n) is 4.25. The molecular weight excluding hydrogens is 264 g/mol. The second-order valence-corrected chi connectivity index (χ2v) is 6.14. The number of hydrogen-bond acceptors (Lipinski definition) is 5. The lowest BCUT2D eigenvalue weighted by molar-refractivity contribution is -0.130. The lowest BCUT2D eigenvalue weighted by Gasteiger charge is -2.34. The Morgan fingerprint density at radius 2 is 2.18 bits per heavy atom. The van der Waals surface area contributed by atoms with Gasteiger partial charge in [0.05, 0.1) is 0 Å². The average molecular weight is 277 g/mol. The van der Waals surface area contributed by atoms with Crippen LogP contribution < -0.4 is 0 Å². The third kappa shape index (κ3) is 2.77. The fourth-order valence-electron chi connectivity index (χ4n) is 1.50. The summed E-state index contributed by atoms with van der Waals surface area (Å²) in [5.41, 5.74) is 0.725. The monoisotopic (exact) mass is 276 g/mol. The average Bonchev–Trinajstić information content (AvgIpc) is 2.19. The standard InChI is InChI=1S/C10H13ClN2O3S/c1-7-5-13(6-7)16-17(14,15)10-3-9(11)8(2)4-12-10/h3-4,7H,5-6H2,1-2H3. The molecule has 0 amide bonds. The fourth-order valence-corrected chi connectivity index (χ4v) is 2.63. The van der Waals surface area contributed by atoms with E-state index in [9.17, 15) is 8.42 Å². The van der Waals surface area contributed by atoms with Gasteiger partial charge in [-0.05, 0) is 24.5 Å². The van der Waals surface area contributed by atoms with Crippen molar-refractivity contribution in [3.63, 3.8) is 0 Å². The summed E-state index contributed by atoms with van der Waals surface area (Å²) >= 11 is 5.85. The van der Waals surface area contributed by atoms with Crippen LogP contribution in [0.5, 0.6) is 0 Å². The Kier molecular flexibility index (Phi) is 3.40. The SMILES string of the molecule is Cc1cnc(S(=O)(=O)ON2CC(C)C2)cc1Cl. The van der Waals surface area contributed by atoms with Crippen LogP contribution in [0.15, 0.2) is 17.3 Å². The Labute approximate surface area is 105 Å². The predicted molar refractivity (Wildman–Crippen MR) is 63.0 cm³/mol. The van der Waals surface area contributed by atoms with Gasteiger partial charge >= 0.3 is 10.1 Å². The highest BCUT2D eigenvalue weighted by molar-refractivity contribution is 7.86. The highest BCUT2D eigenvalue weighted by atomic mass is 35.5. The van der Waals surface area contributed by atoms with Gasteiger partial charge in [0.2, 0.25) is 0 Å². The van der Waals surface area contributed by atoms with Crippen molar-refractivity contribution in [2.24, 2.45) is 5.92 Å². The zero-order valence-electron chi connectivity index (χ0n) is 9.55. The smallest absolute Gasteiger partial charge is 0.242 e. The highest BCUT2D eigenvalue weighted by Crippen LogP contribution is 2.22. The van der Waals surface area contributed by atoms with Crippen LogP contribution in [0.2, 0.25) is 5.02 Å². The number of aromatic nitrogens is 1. The summed E-state index contributed by atoms with van der Waals surface area (Å²) < 4.78 is 28.6. The maximum atomic E-state index is 11.8. The molecule has 1 saturated heterocycles. The Morgan fingerprint density at radius 3 is 2.71 bits per heavy atom. The normalized spacial score (nSPS) is 18.1. The molecule has 5 nitrogen and oxygen atoms in total. The molecule has 0 saturated carbocycles. The molecule has 0 radical (unpaired) electrons. The minimum absolute atomic E-state index is 0.160. The van der Waals surface area contributed by atoms with Gasteiger partial charge in [0.1, 0.15) is 0 Å². The van der Waals surface area contributed by atoms with Gasteiger partial charge in [-0.25, -0.2) is 4.98 Å². The van der Waals surface area contributed by atoms with E-state index in [-0.39, 0.29) is 5.03 Å². The molecule has 0 aromatic carbocycles. The quantitative estimate of drug-likeness (QED) is 0.839. The van der Waals surface area contributed by atoms with Crippen molar-refractivity contribution < 1.29 is 12.7 Å². The maximum Gasteiger partial charge on any atom is 0.330 e. The Morgan fingerprint density at radius 1 is 1.53 bits per heavy atom. The Hall–Kier alpha value is -0.690. The number of hydroxylamine groups is 2. The van der Waals surface area contributed by atoms with Crippen LogP contribution in [0.25, 0.3) is 0 Å². The van der Waals surface area contributed by atoms with E-state index in [0.717, 1.165) is 5.56 Å². The predicted octanol–water partition coefficient (Wildman–Crippen LogP) is 1.62. The van der Waals surface area contributed by atoms with Crippen molar-refractivity contribution in [2.75, 3.05) is 13.1 Å². The van der Waals surface area contributed by atoms with Crippen molar-refractivity contribution in [3.8, 4) is 0 Å². The van der Waals surface area contributed by atoms with Gasteiger partial charge in [-0.1, -0.05) is 18.5 Å². The van der Waals surface area contributed by atoms with E-state index in [1.54, 1.807) is 6.92 Å². The molecule has 1 fully saturated rings. The van der Waals surface area contributed by atoms with Crippen molar-refractivity contribution >= 4 is 21.7 Å². The van der Waals surface area contributed by atoms with Gasteiger partial charge in [0, 0.05) is 24.3 Å². The van der Waals surface area contributed by atoms with E-state index in [2.05, 4.69) is 4.98 Å². The molecule has 1 aliphatic heterocycles. The third-order valence-corrected chi connectivity index (χ3v) is 4.05. The number of pyridine rings is 1. The van der Waals surface area contributed by atoms with E-state index in [4.69, 9.17) is 15.9 Å². The van der Waals surface area contributed by atoms with Gasteiger partial charge in [-0.3, -0.25) is 0 Å². The molecule has 0 bridgehead atoms. The number of nitrogens with zero attached hydrogens (tertiary/aromatic N) is 2. The van der Waals surface area contributed by atoms with Crippen LogP contribution in [-0.4, -0.2) is 31.6 Å². The molecule has 1 aromatic rings. The molecule has 7 heteroatoms. The number of halogens is 1. The molecule has 0 unspecified atom stereocenters. The van der Waals surface area contributed by atoms with Gasteiger partial charge in [-0.2, -0.15) is 17.8 Å². The topological polar surface area (TPSA) is 59.5 Å². The Balaban J connectivity index is 2.17. The molecule has 94 valence electrons. The molecule has 0 spiro atoms. The van der Waals surface area contributed by atoms with Crippen molar-refractivity contribution in [2.45, 2.75) is 18.9 Å². The van der Waals surface area contributed by atoms with Gasteiger partial charge in [0.25, 0.3) is 0 Å². The molecule has 17 heavy (non-hydrogen) atoms. The molecule has 0 N–H and O–H groups in total. The zero-order chi connectivity index (χ0) is 12.6. The zero-order valence-corrected chi connectivity index (χ0v) is 11.1. The molecule has 2 rings (SSSR count). The molecule has 0 aliphatic carbocycles. The van der Waals surface area contributed by atoms with E-state index in [1.165, 1.54) is 17.3 Å². The molecule has 1 aromatic heterocycles. The first-order valence-electron chi connectivity index (χ1n) is 5.20. The summed E-state index contributed by atoms with van der Waals surface area (Å²) in [6.07, 6.45) is 1.41. The van der Waals surface area contributed by atoms with Crippen LogP contribution in [0.3, 0.4) is 0 Å². The van der Waals surface area contributed by atoms with Gasteiger partial charge in [-0.15, -0.1) is 0 Å². The van der Waals surface area contributed by atoms with Crippen molar-refractivity contribution in [1.29, 1.82) is 0 Å². The van der Waals surface area contributed by atoms with Gasteiger partial charge in [0.15, 0.2) is 5.03 Å². The second kappa shape index (κ2) is 4.53. The summed E-state index contributed by atoms with van der Waals surface area (Å²) in [5.74, 6) is 0.458. The Bertz CT molecular complexity index is 526. The number of hydrogen-bond donors (Lipinski definition) is 0. The van der Waals surface area contributed by atoms with Gasteiger partial charge < -0.3 is 0 Å². The van der Waals surface area contributed by atoms with Crippen LogP contribution in [0, 0.1) is 12.8 Å². The van der Waals surface area contributed by atoms with E-state index >= 15 is 0 Å². The van der Waals surface area contributed by atoms with E-state index in [0.29, 0.717) is 24.0 Å². The molecule has 1 aliphatic rings. The minimum atomic E-state index is -3.85. The summed E-state index contributed by atoms with van der Waals surface area (Å²) in [5, 5.41) is 1.60. The summed E-state index contributed by atoms with van der Waals surface area (Å²) in [6.45, 7) is 4.99. The maximum absolute atomic E-state index is 11.8. The molecular formula is C10H13ClN2O3S. The van der Waals surface area contributed by atoms with Crippen LogP contribution in [0.4, 0.5) is 0 Å². The van der Waals surface area contributed by atoms with E-state index in [1.807, 2.05) is 6.92 Å². The number of rotatable bonds is 3. The largest absolute Gasteiger partial charge is 0.330 e. The molecule has 0 atom stereocenters. The first-order chi connectivity index (χ1) is 7.88. The fraction of sp³-hybridized carbons (Fsp3) is 0.500. The minimum Gasteiger partial charge on any atom is -0.242 e. The van der Waals surface area contributed by atoms with Crippen molar-refractivity contribution in [3.05, 3.63) is 22.8 Å². The van der Waals surface area contributed by atoms with Crippen LogP contribution in [-0.2, 0) is 14.4 Å². The van der Waals surface area contributed by atoms with Crippen LogP contribution in [0.1, 0.15) is 12.5 Å².